The zero-order chi connectivity index (χ0) is 32.3. The lowest BCUT2D eigenvalue weighted by Crippen LogP contribution is -2.11. The van der Waals surface area contributed by atoms with Gasteiger partial charge in [0.1, 0.15) is 16.7 Å². The summed E-state index contributed by atoms with van der Waals surface area (Å²) in [4.78, 5) is 2.34. The van der Waals surface area contributed by atoms with Crippen molar-refractivity contribution < 1.29 is 8.83 Å². The van der Waals surface area contributed by atoms with Gasteiger partial charge < -0.3 is 19.1 Å². The van der Waals surface area contributed by atoms with Gasteiger partial charge in [-0.25, -0.2) is 0 Å². The van der Waals surface area contributed by atoms with Crippen LogP contribution in [0.5, 0.6) is 0 Å². The van der Waals surface area contributed by atoms with Crippen LogP contribution in [-0.2, 0) is 0 Å². The highest BCUT2D eigenvalue weighted by Crippen LogP contribution is 2.44. The molecule has 0 aliphatic carbocycles. The molecule has 10 rings (SSSR count). The molecule has 1 aliphatic rings. The zero-order valence-electron chi connectivity index (χ0n) is 26.6. The molecule has 0 radical (unpaired) electrons. The Hall–Kier alpha value is -6.52. The summed E-state index contributed by atoms with van der Waals surface area (Å²) in [7, 11) is 0. The molecule has 232 valence electrons. The Kier molecular flexibility index (Phi) is 6.21. The fraction of sp³-hybridized carbons (Fsp3) is 0.0222. The molecule has 0 amide bonds. The molecule has 1 aliphatic heterocycles. The van der Waals surface area contributed by atoms with Gasteiger partial charge in [0.2, 0.25) is 5.88 Å². The summed E-state index contributed by atoms with van der Waals surface area (Å²) in [6.45, 7) is 0.700. The van der Waals surface area contributed by atoms with Crippen molar-refractivity contribution in [1.29, 1.82) is 0 Å². The summed E-state index contributed by atoms with van der Waals surface area (Å²) >= 11 is 0. The quantitative estimate of drug-likeness (QED) is 0.205. The smallest absolute Gasteiger partial charge is 0.201 e. The molecule has 0 saturated carbocycles. The first-order valence-corrected chi connectivity index (χ1v) is 16.6. The van der Waals surface area contributed by atoms with Crippen LogP contribution < -0.4 is 10.2 Å². The minimum atomic E-state index is 0.700. The van der Waals surface area contributed by atoms with Gasteiger partial charge in [-0.2, -0.15) is 0 Å². The Morgan fingerprint density at radius 1 is 0.490 bits per heavy atom. The minimum absolute atomic E-state index is 0.700. The lowest BCUT2D eigenvalue weighted by Gasteiger charge is -2.27. The molecule has 0 saturated heterocycles. The average molecular weight is 631 g/mol. The van der Waals surface area contributed by atoms with E-state index in [0.29, 0.717) is 6.54 Å². The van der Waals surface area contributed by atoms with Gasteiger partial charge >= 0.3 is 0 Å². The lowest BCUT2D eigenvalue weighted by molar-refractivity contribution is 0.628. The van der Waals surface area contributed by atoms with Crippen molar-refractivity contribution in [2.45, 2.75) is 0 Å². The molecule has 49 heavy (non-hydrogen) atoms. The van der Waals surface area contributed by atoms with Crippen molar-refractivity contribution >= 4 is 78.3 Å². The molecule has 0 unspecified atom stereocenters. The molecule has 7 aromatic carbocycles. The fourth-order valence-corrected chi connectivity index (χ4v) is 7.39. The number of hydrogen-bond acceptors (Lipinski definition) is 4. The van der Waals surface area contributed by atoms with Crippen molar-refractivity contribution in [3.05, 3.63) is 169 Å². The first kappa shape index (κ1) is 27.6. The number of nitrogens with one attached hydrogen (secondary N) is 1. The number of benzene rings is 7. The summed E-state index contributed by atoms with van der Waals surface area (Å²) in [6.07, 6.45) is 2.26. The third-order valence-corrected chi connectivity index (χ3v) is 9.74. The van der Waals surface area contributed by atoms with E-state index in [1.807, 2.05) is 24.3 Å². The number of furan rings is 2. The van der Waals surface area contributed by atoms with E-state index in [-0.39, 0.29) is 0 Å². The van der Waals surface area contributed by atoms with Crippen molar-refractivity contribution in [1.82, 2.24) is 0 Å². The standard InChI is InChI=1S/C45H30N2O2/c1-2-11-35-30(9-1)10-7-14-36(35)31-21-25-34(26-22-31)47(40-15-8-18-43-44(40)38-13-4-6-17-42(38)48-43)33-23-19-29(20-24-33)32-27-39-37-12-3-5-16-41(37)49-45(39)46-28-32/h1-27,46H,28H2. The maximum absolute atomic E-state index is 6.34. The van der Waals surface area contributed by atoms with Crippen LogP contribution in [0.25, 0.3) is 66.5 Å². The minimum Gasteiger partial charge on any atom is -0.456 e. The van der Waals surface area contributed by atoms with Crippen molar-refractivity contribution in [2.75, 3.05) is 16.8 Å². The van der Waals surface area contributed by atoms with Crippen LogP contribution in [-0.4, -0.2) is 6.54 Å². The Bertz CT molecular complexity index is 2710. The largest absolute Gasteiger partial charge is 0.456 e. The molecule has 2 aromatic heterocycles. The summed E-state index contributed by atoms with van der Waals surface area (Å²) in [5.41, 5.74) is 11.8. The molecule has 0 bridgehead atoms. The third kappa shape index (κ3) is 4.53. The topological polar surface area (TPSA) is 41.6 Å². The Labute approximate surface area is 283 Å². The van der Waals surface area contributed by atoms with E-state index in [0.717, 1.165) is 61.4 Å². The highest BCUT2D eigenvalue weighted by Gasteiger charge is 2.21. The van der Waals surface area contributed by atoms with Crippen LogP contribution in [0.1, 0.15) is 11.1 Å². The highest BCUT2D eigenvalue weighted by molar-refractivity contribution is 6.13. The molecule has 0 spiro atoms. The van der Waals surface area contributed by atoms with E-state index in [9.17, 15) is 0 Å². The van der Waals surface area contributed by atoms with Crippen LogP contribution in [0, 0.1) is 0 Å². The number of fused-ring (bicyclic) bond motifs is 7. The number of rotatable bonds is 5. The Balaban J connectivity index is 1.10. The fourth-order valence-electron chi connectivity index (χ4n) is 7.39. The van der Waals surface area contributed by atoms with Crippen LogP contribution >= 0.6 is 0 Å². The Morgan fingerprint density at radius 2 is 1.10 bits per heavy atom. The number of hydrogen-bond donors (Lipinski definition) is 1. The van der Waals surface area contributed by atoms with Gasteiger partial charge in [-0.3, -0.25) is 0 Å². The second-order valence-corrected chi connectivity index (χ2v) is 12.6. The first-order chi connectivity index (χ1) is 24.3. The number of anilines is 4. The second-order valence-electron chi connectivity index (χ2n) is 12.6. The molecule has 1 N–H and O–H groups in total. The molecule has 4 heteroatoms. The lowest BCUT2D eigenvalue weighted by atomic mass is 9.97. The van der Waals surface area contributed by atoms with Gasteiger partial charge in [-0.15, -0.1) is 0 Å². The monoisotopic (exact) mass is 630 g/mol. The van der Waals surface area contributed by atoms with Crippen molar-refractivity contribution in [3.8, 4) is 11.1 Å². The molecular formula is C45H30N2O2. The molecule has 9 aromatic rings. The van der Waals surface area contributed by atoms with Crippen LogP contribution in [0.2, 0.25) is 0 Å². The van der Waals surface area contributed by atoms with E-state index in [2.05, 4.69) is 150 Å². The van der Waals surface area contributed by atoms with E-state index < -0.39 is 0 Å². The zero-order valence-corrected chi connectivity index (χ0v) is 26.6. The van der Waals surface area contributed by atoms with Gasteiger partial charge in [-0.05, 0) is 87.6 Å². The normalized spacial score (nSPS) is 12.7. The van der Waals surface area contributed by atoms with Gasteiger partial charge in [0.05, 0.1) is 11.1 Å². The maximum atomic E-state index is 6.34. The summed E-state index contributed by atoms with van der Waals surface area (Å²) in [5, 5.41) is 9.31. The van der Waals surface area contributed by atoms with Crippen LogP contribution in [0.3, 0.4) is 0 Å². The summed E-state index contributed by atoms with van der Waals surface area (Å²) in [5.74, 6) is 0.833. The molecule has 4 nitrogen and oxygen atoms in total. The van der Waals surface area contributed by atoms with E-state index >= 15 is 0 Å². The van der Waals surface area contributed by atoms with Gasteiger partial charge in [-0.1, -0.05) is 109 Å². The molecule has 0 fully saturated rings. The number of nitrogens with zero attached hydrogens (tertiary/aromatic N) is 1. The predicted molar refractivity (Wildman–Crippen MR) is 204 cm³/mol. The molecule has 3 heterocycles. The van der Waals surface area contributed by atoms with Gasteiger partial charge in [0, 0.05) is 34.3 Å². The van der Waals surface area contributed by atoms with E-state index in [1.54, 1.807) is 0 Å². The average Bonchev–Trinajstić information content (AvgIpc) is 3.74. The van der Waals surface area contributed by atoms with Crippen molar-refractivity contribution in [3.63, 3.8) is 0 Å². The van der Waals surface area contributed by atoms with E-state index in [1.165, 1.54) is 33.0 Å². The second kappa shape index (κ2) is 11.0. The SMILES string of the molecule is C1=C(c2ccc(N(c3ccc(-c4cccc5ccccc45)cc3)c3cccc4oc5ccccc5c34)cc2)CNc2oc3ccccc3c21. The summed E-state index contributed by atoms with van der Waals surface area (Å²) in [6, 6.07) is 55.7. The maximum Gasteiger partial charge on any atom is 0.201 e. The van der Waals surface area contributed by atoms with Gasteiger partial charge in [0.15, 0.2) is 0 Å². The highest BCUT2D eigenvalue weighted by atomic mass is 16.4. The predicted octanol–water partition coefficient (Wildman–Crippen LogP) is 12.6. The molecular weight excluding hydrogens is 601 g/mol. The Morgan fingerprint density at radius 3 is 1.90 bits per heavy atom. The first-order valence-electron chi connectivity index (χ1n) is 16.6. The van der Waals surface area contributed by atoms with Gasteiger partial charge in [0.25, 0.3) is 0 Å². The van der Waals surface area contributed by atoms with Crippen LogP contribution in [0.4, 0.5) is 22.9 Å². The van der Waals surface area contributed by atoms with Crippen LogP contribution in [0.15, 0.2) is 167 Å². The molecule has 0 atom stereocenters. The summed E-state index contributed by atoms with van der Waals surface area (Å²) < 4.78 is 12.4. The third-order valence-electron chi connectivity index (χ3n) is 9.74. The van der Waals surface area contributed by atoms with E-state index in [4.69, 9.17) is 8.83 Å². The number of para-hydroxylation sites is 2. The van der Waals surface area contributed by atoms with Crippen molar-refractivity contribution in [2.24, 2.45) is 0 Å².